The van der Waals surface area contributed by atoms with Crippen molar-refractivity contribution < 1.29 is 36.4 Å². The molecule has 0 amide bonds. The maximum absolute atomic E-state index is 10.0. The van der Waals surface area contributed by atoms with Gasteiger partial charge in [-0.25, -0.2) is 0 Å². The molecule has 0 rings (SSSR count). The third-order valence-corrected chi connectivity index (χ3v) is 0.498. The van der Waals surface area contributed by atoms with Crippen molar-refractivity contribution in [2.75, 3.05) is 6.61 Å². The second-order valence-corrected chi connectivity index (χ2v) is 1.90. The van der Waals surface area contributed by atoms with E-state index in [1.165, 1.54) is 13.8 Å². The van der Waals surface area contributed by atoms with Crippen LogP contribution in [-0.4, -0.2) is 23.3 Å². The minimum Gasteiger partial charge on any atom is -0.397 e. The Morgan fingerprint density at radius 2 is 1.36 bits per heavy atom. The first kappa shape index (κ1) is 17.2. The Balaban J connectivity index is -0.000000140. The van der Waals surface area contributed by atoms with Gasteiger partial charge in [0.25, 0.3) is 0 Å². The van der Waals surface area contributed by atoms with Crippen LogP contribution in [0.4, 0.5) is 0 Å². The molecule has 3 nitrogen and oxygen atoms in total. The van der Waals surface area contributed by atoms with Gasteiger partial charge in [-0.3, -0.25) is 9.59 Å². The van der Waals surface area contributed by atoms with E-state index in [-0.39, 0.29) is 46.3 Å². The summed E-state index contributed by atoms with van der Waals surface area (Å²) in [5, 5.41) is 7.57. The van der Waals surface area contributed by atoms with Crippen LogP contribution >= 0.6 is 0 Å². The fourth-order valence-electron chi connectivity index (χ4n) is 0.351. The number of aliphatic hydroxyl groups is 1. The van der Waals surface area contributed by atoms with E-state index in [0.29, 0.717) is 0 Å². The number of hydrogen-bond acceptors (Lipinski definition) is 3. The molecule has 0 fully saturated rings. The molecule has 0 aliphatic carbocycles. The summed E-state index contributed by atoms with van der Waals surface area (Å²) in [6, 6.07) is 0. The molecule has 1 N–H and O–H groups in total. The van der Waals surface area contributed by atoms with Gasteiger partial charge in [-0.2, -0.15) is 0 Å². The summed E-state index contributed by atoms with van der Waals surface area (Å²) in [5.41, 5.74) is 0. The van der Waals surface area contributed by atoms with Crippen molar-refractivity contribution in [2.45, 2.75) is 27.2 Å². The average Bonchev–Trinajstić information content (AvgIpc) is 1.62. The van der Waals surface area contributed by atoms with Gasteiger partial charge in [-0.05, 0) is 20.8 Å². The number of hydrogen-bond donors (Lipinski definition) is 1. The summed E-state index contributed by atoms with van der Waals surface area (Å²) in [5.74, 6) is -0.125. The molecule has 0 heterocycles. The van der Waals surface area contributed by atoms with Crippen molar-refractivity contribution in [2.24, 2.45) is 0 Å². The number of aliphatic hydroxyl groups excluding tert-OH is 1. The average molecular weight is 194 g/mol. The Hall–Kier alpha value is 0.0143. The molecule has 0 aliphatic heterocycles. The Bertz CT molecular complexity index is 100. The van der Waals surface area contributed by atoms with Crippen molar-refractivity contribution in [1.82, 2.24) is 0 Å². The van der Waals surface area contributed by atoms with Crippen LogP contribution in [0.15, 0.2) is 0 Å². The molecule has 0 spiro atoms. The first-order chi connectivity index (χ1) is 4.54. The van der Waals surface area contributed by atoms with E-state index in [1.54, 1.807) is 6.92 Å². The molecule has 0 aromatic carbocycles. The molecule has 0 saturated carbocycles. The predicted octanol–water partition coefficient (Wildman–Crippen LogP) is 0.551. The van der Waals surface area contributed by atoms with Crippen LogP contribution in [0.5, 0.6) is 0 Å². The normalized spacial score (nSPS) is 6.91. The summed E-state index contributed by atoms with van der Waals surface area (Å²) in [7, 11) is 0. The zero-order chi connectivity index (χ0) is 8.57. The van der Waals surface area contributed by atoms with Gasteiger partial charge in [0.2, 0.25) is 0 Å². The Morgan fingerprint density at radius 1 is 1.18 bits per heavy atom. The maximum atomic E-state index is 10.0. The summed E-state index contributed by atoms with van der Waals surface area (Å²) in [6.45, 7) is 4.74. The van der Waals surface area contributed by atoms with Gasteiger partial charge in [0, 0.05) is 28.3 Å². The third kappa shape index (κ3) is 39.9. The maximum Gasteiger partial charge on any atom is 0.137 e. The Labute approximate surface area is 82.1 Å². The van der Waals surface area contributed by atoms with Gasteiger partial charge in [-0.1, -0.05) is 0 Å². The van der Waals surface area contributed by atoms with Crippen LogP contribution in [0, 0.1) is 0 Å². The smallest absolute Gasteiger partial charge is 0.137 e. The molecule has 4 heteroatoms. The topological polar surface area (TPSA) is 54.4 Å². The fraction of sp³-hybridized carbons (Fsp3) is 0.714. The van der Waals surface area contributed by atoms with Gasteiger partial charge in [-0.15, -0.1) is 0 Å². The molecule has 0 unspecified atom stereocenters. The second kappa shape index (κ2) is 12.7. The van der Waals surface area contributed by atoms with Gasteiger partial charge in [0.05, 0.1) is 6.42 Å². The van der Waals surface area contributed by atoms with Crippen molar-refractivity contribution >= 4 is 11.6 Å². The number of carbonyl (C=O) groups excluding carboxylic acids is 2. The van der Waals surface area contributed by atoms with Crippen LogP contribution in [0.2, 0.25) is 0 Å². The predicted molar refractivity (Wildman–Crippen MR) is 38.7 cm³/mol. The minimum atomic E-state index is -0.0625. The van der Waals surface area contributed by atoms with E-state index >= 15 is 0 Å². The molecule has 0 radical (unpaired) electrons. The van der Waals surface area contributed by atoms with E-state index in [0.717, 1.165) is 0 Å². The summed E-state index contributed by atoms with van der Waals surface area (Å²) in [6.07, 6.45) is 0.0833. The number of ketones is 2. The molecule has 11 heavy (non-hydrogen) atoms. The largest absolute Gasteiger partial charge is 0.397 e. The monoisotopic (exact) mass is 194 g/mol. The standard InChI is InChI=1S/C5H8O2.C2H6O.Ti/c1-4(6)3-5(2)7;1-2-3;/h3H2,1-2H3;3H,2H2,1H3;. The van der Waals surface area contributed by atoms with Gasteiger partial charge >= 0.3 is 0 Å². The molecule has 64 valence electrons. The summed E-state index contributed by atoms with van der Waals surface area (Å²) >= 11 is 0. The van der Waals surface area contributed by atoms with E-state index in [9.17, 15) is 9.59 Å². The van der Waals surface area contributed by atoms with Gasteiger partial charge < -0.3 is 5.11 Å². The zero-order valence-corrected chi connectivity index (χ0v) is 8.74. The van der Waals surface area contributed by atoms with Crippen LogP contribution in [0.25, 0.3) is 0 Å². The van der Waals surface area contributed by atoms with Crippen molar-refractivity contribution in [3.05, 3.63) is 0 Å². The third-order valence-electron chi connectivity index (χ3n) is 0.498. The van der Waals surface area contributed by atoms with Crippen LogP contribution in [0.3, 0.4) is 0 Å². The first-order valence-corrected chi connectivity index (χ1v) is 3.14. The van der Waals surface area contributed by atoms with Crippen molar-refractivity contribution in [1.29, 1.82) is 0 Å². The molecule has 0 bridgehead atoms. The second-order valence-electron chi connectivity index (χ2n) is 1.90. The van der Waals surface area contributed by atoms with Gasteiger partial charge in [0.15, 0.2) is 0 Å². The quantitative estimate of drug-likeness (QED) is 0.515. The molecule has 0 atom stereocenters. The molecule has 0 saturated heterocycles. The summed E-state index contributed by atoms with van der Waals surface area (Å²) < 4.78 is 0. The van der Waals surface area contributed by atoms with Crippen LogP contribution in [0.1, 0.15) is 27.2 Å². The van der Waals surface area contributed by atoms with Crippen molar-refractivity contribution in [3.63, 3.8) is 0 Å². The van der Waals surface area contributed by atoms with Crippen LogP contribution in [-0.2, 0) is 31.3 Å². The van der Waals surface area contributed by atoms with Gasteiger partial charge in [0.1, 0.15) is 11.6 Å². The van der Waals surface area contributed by atoms with E-state index in [2.05, 4.69) is 0 Å². The first-order valence-electron chi connectivity index (χ1n) is 3.14. The van der Waals surface area contributed by atoms with E-state index < -0.39 is 0 Å². The Kier molecular flexibility index (Phi) is 19.8. The van der Waals surface area contributed by atoms with E-state index in [4.69, 9.17) is 5.11 Å². The SMILES string of the molecule is CC(=O)CC(C)=O.CCO.[Ti]. The fourth-order valence-corrected chi connectivity index (χ4v) is 0.351. The van der Waals surface area contributed by atoms with Crippen LogP contribution < -0.4 is 0 Å². The zero-order valence-electron chi connectivity index (χ0n) is 7.18. The number of rotatable bonds is 2. The summed E-state index contributed by atoms with van der Waals surface area (Å²) in [4.78, 5) is 20.1. The Morgan fingerprint density at radius 3 is 1.36 bits per heavy atom. The van der Waals surface area contributed by atoms with Crippen molar-refractivity contribution in [3.8, 4) is 0 Å². The molecule has 0 aromatic rings. The minimum absolute atomic E-state index is 0. The molecule has 0 aliphatic rings. The molecular weight excluding hydrogens is 180 g/mol. The number of Topliss-reactive ketones (excluding diaryl/α,β-unsaturated/α-hetero) is 2. The number of carbonyl (C=O) groups is 2. The molecule has 0 aromatic heterocycles. The van der Waals surface area contributed by atoms with E-state index in [1.807, 2.05) is 0 Å². The molecular formula is C7H14O3Ti.